The summed E-state index contributed by atoms with van der Waals surface area (Å²) >= 11 is 0. The fourth-order valence-electron chi connectivity index (χ4n) is 1.84. The van der Waals surface area contributed by atoms with Gasteiger partial charge in [0.25, 0.3) is 0 Å². The summed E-state index contributed by atoms with van der Waals surface area (Å²) in [5.74, 6) is 0.543. The summed E-state index contributed by atoms with van der Waals surface area (Å²) in [6.45, 7) is 9.74. The molecule has 0 aliphatic heterocycles. The third-order valence-electron chi connectivity index (χ3n) is 2.80. The Labute approximate surface area is 103 Å². The van der Waals surface area contributed by atoms with Gasteiger partial charge >= 0.3 is 5.97 Å². The third kappa shape index (κ3) is 2.78. The monoisotopic (exact) mass is 236 g/mol. The fourth-order valence-corrected chi connectivity index (χ4v) is 1.84. The minimum Gasteiger partial charge on any atom is -0.491 e. The van der Waals surface area contributed by atoms with Gasteiger partial charge < -0.3 is 9.47 Å². The molecule has 0 saturated heterocycles. The molecule has 1 rings (SSSR count). The Morgan fingerprint density at radius 3 is 2.24 bits per heavy atom. The smallest absolute Gasteiger partial charge is 0.338 e. The number of carbonyl (C=O) groups excluding carboxylic acids is 1. The van der Waals surface area contributed by atoms with Gasteiger partial charge in [-0.25, -0.2) is 4.79 Å². The van der Waals surface area contributed by atoms with Gasteiger partial charge in [-0.05, 0) is 57.4 Å². The first-order valence-corrected chi connectivity index (χ1v) is 5.74. The predicted molar refractivity (Wildman–Crippen MR) is 67.8 cm³/mol. The molecule has 3 nitrogen and oxygen atoms in total. The standard InChI is InChI=1S/C14H20O3/c1-8(2)17-12-7-9(3)13(14(15)16-6)11(5)10(12)4/h7-8H,1-6H3. The molecule has 0 heterocycles. The second-order valence-electron chi connectivity index (χ2n) is 4.47. The van der Waals surface area contributed by atoms with Crippen molar-refractivity contribution in [3.8, 4) is 5.75 Å². The zero-order valence-corrected chi connectivity index (χ0v) is 11.4. The Hall–Kier alpha value is -1.51. The van der Waals surface area contributed by atoms with Gasteiger partial charge in [-0.2, -0.15) is 0 Å². The van der Waals surface area contributed by atoms with Crippen LogP contribution in [0.5, 0.6) is 5.75 Å². The number of carbonyl (C=O) groups is 1. The average Bonchev–Trinajstić information content (AvgIpc) is 2.24. The second-order valence-corrected chi connectivity index (χ2v) is 4.47. The van der Waals surface area contributed by atoms with Crippen molar-refractivity contribution in [2.75, 3.05) is 7.11 Å². The van der Waals surface area contributed by atoms with Crippen LogP contribution in [0.4, 0.5) is 0 Å². The van der Waals surface area contributed by atoms with Crippen molar-refractivity contribution in [3.05, 3.63) is 28.3 Å². The van der Waals surface area contributed by atoms with E-state index in [2.05, 4.69) is 0 Å². The van der Waals surface area contributed by atoms with Crippen LogP contribution < -0.4 is 4.74 Å². The van der Waals surface area contributed by atoms with Crippen LogP contribution in [0, 0.1) is 20.8 Å². The molecule has 0 amide bonds. The summed E-state index contributed by atoms with van der Waals surface area (Å²) in [4.78, 5) is 11.7. The first-order valence-electron chi connectivity index (χ1n) is 5.74. The summed E-state index contributed by atoms with van der Waals surface area (Å²) in [7, 11) is 1.40. The van der Waals surface area contributed by atoms with Crippen LogP contribution in [0.25, 0.3) is 0 Å². The lowest BCUT2D eigenvalue weighted by Crippen LogP contribution is -2.12. The van der Waals surface area contributed by atoms with Gasteiger partial charge in [0.2, 0.25) is 0 Å². The number of hydrogen-bond donors (Lipinski definition) is 0. The number of aryl methyl sites for hydroxylation is 1. The van der Waals surface area contributed by atoms with E-state index in [0.717, 1.165) is 22.4 Å². The Morgan fingerprint density at radius 1 is 1.18 bits per heavy atom. The molecule has 0 N–H and O–H groups in total. The van der Waals surface area contributed by atoms with E-state index in [4.69, 9.17) is 9.47 Å². The molecule has 0 aliphatic carbocycles. The largest absolute Gasteiger partial charge is 0.491 e. The summed E-state index contributed by atoms with van der Waals surface area (Å²) in [6, 6.07) is 1.90. The third-order valence-corrected chi connectivity index (χ3v) is 2.80. The molecule has 1 aromatic carbocycles. The van der Waals surface area contributed by atoms with E-state index in [9.17, 15) is 4.79 Å². The number of methoxy groups -OCH3 is 1. The lowest BCUT2D eigenvalue weighted by molar-refractivity contribution is 0.0599. The van der Waals surface area contributed by atoms with E-state index in [1.807, 2.05) is 40.7 Å². The van der Waals surface area contributed by atoms with Crippen LogP contribution >= 0.6 is 0 Å². The quantitative estimate of drug-likeness (QED) is 0.756. The van der Waals surface area contributed by atoms with Gasteiger partial charge in [0.1, 0.15) is 5.75 Å². The number of benzene rings is 1. The topological polar surface area (TPSA) is 35.5 Å². The molecule has 0 aliphatic rings. The molecular weight excluding hydrogens is 216 g/mol. The molecule has 0 unspecified atom stereocenters. The molecule has 0 radical (unpaired) electrons. The van der Waals surface area contributed by atoms with Crippen molar-refractivity contribution >= 4 is 5.97 Å². The van der Waals surface area contributed by atoms with Gasteiger partial charge in [0.05, 0.1) is 18.8 Å². The SMILES string of the molecule is COC(=O)c1c(C)cc(OC(C)C)c(C)c1C. The highest BCUT2D eigenvalue weighted by molar-refractivity contribution is 5.93. The van der Waals surface area contributed by atoms with Crippen molar-refractivity contribution in [1.29, 1.82) is 0 Å². The van der Waals surface area contributed by atoms with E-state index in [1.165, 1.54) is 7.11 Å². The maximum atomic E-state index is 11.7. The average molecular weight is 236 g/mol. The Morgan fingerprint density at radius 2 is 1.76 bits per heavy atom. The van der Waals surface area contributed by atoms with Crippen LogP contribution in [-0.2, 0) is 4.74 Å². The zero-order valence-electron chi connectivity index (χ0n) is 11.4. The molecule has 3 heteroatoms. The van der Waals surface area contributed by atoms with Crippen LogP contribution in [0.15, 0.2) is 6.07 Å². The van der Waals surface area contributed by atoms with Gasteiger partial charge in [0, 0.05) is 0 Å². The van der Waals surface area contributed by atoms with Crippen LogP contribution in [-0.4, -0.2) is 19.2 Å². The van der Waals surface area contributed by atoms with Crippen molar-refractivity contribution in [3.63, 3.8) is 0 Å². The molecule has 0 saturated carbocycles. The molecule has 0 aromatic heterocycles. The maximum Gasteiger partial charge on any atom is 0.338 e. The molecule has 0 fully saturated rings. The fraction of sp³-hybridized carbons (Fsp3) is 0.500. The number of ether oxygens (including phenoxy) is 2. The molecule has 17 heavy (non-hydrogen) atoms. The second kappa shape index (κ2) is 5.21. The number of rotatable bonds is 3. The lowest BCUT2D eigenvalue weighted by Gasteiger charge is -2.17. The predicted octanol–water partition coefficient (Wildman–Crippen LogP) is 3.19. The number of hydrogen-bond acceptors (Lipinski definition) is 3. The van der Waals surface area contributed by atoms with E-state index >= 15 is 0 Å². The van der Waals surface area contributed by atoms with Gasteiger partial charge in [-0.3, -0.25) is 0 Å². The zero-order chi connectivity index (χ0) is 13.2. The normalized spacial score (nSPS) is 10.5. The summed E-state index contributed by atoms with van der Waals surface area (Å²) < 4.78 is 10.5. The summed E-state index contributed by atoms with van der Waals surface area (Å²) in [6.07, 6.45) is 0.122. The minimum atomic E-state index is -0.292. The molecule has 0 bridgehead atoms. The minimum absolute atomic E-state index is 0.122. The maximum absolute atomic E-state index is 11.7. The molecule has 0 spiro atoms. The van der Waals surface area contributed by atoms with Crippen molar-refractivity contribution in [2.24, 2.45) is 0 Å². The highest BCUT2D eigenvalue weighted by atomic mass is 16.5. The van der Waals surface area contributed by atoms with Crippen molar-refractivity contribution < 1.29 is 14.3 Å². The van der Waals surface area contributed by atoms with Crippen LogP contribution in [0.2, 0.25) is 0 Å². The summed E-state index contributed by atoms with van der Waals surface area (Å²) in [5, 5.41) is 0. The first kappa shape index (κ1) is 13.6. The van der Waals surface area contributed by atoms with Gasteiger partial charge in [0.15, 0.2) is 0 Å². The Kier molecular flexibility index (Phi) is 4.16. The summed E-state index contributed by atoms with van der Waals surface area (Å²) in [5.41, 5.74) is 3.44. The highest BCUT2D eigenvalue weighted by Crippen LogP contribution is 2.28. The van der Waals surface area contributed by atoms with E-state index in [0.29, 0.717) is 5.56 Å². The van der Waals surface area contributed by atoms with Crippen LogP contribution in [0.3, 0.4) is 0 Å². The van der Waals surface area contributed by atoms with Crippen molar-refractivity contribution in [2.45, 2.75) is 40.7 Å². The lowest BCUT2D eigenvalue weighted by atomic mass is 9.97. The number of esters is 1. The van der Waals surface area contributed by atoms with E-state index in [1.54, 1.807) is 0 Å². The van der Waals surface area contributed by atoms with E-state index < -0.39 is 0 Å². The first-order chi connectivity index (χ1) is 7.88. The highest BCUT2D eigenvalue weighted by Gasteiger charge is 2.17. The van der Waals surface area contributed by atoms with Gasteiger partial charge in [-0.15, -0.1) is 0 Å². The van der Waals surface area contributed by atoms with Gasteiger partial charge in [-0.1, -0.05) is 0 Å². The molecular formula is C14H20O3. The Balaban J connectivity index is 3.31. The Bertz CT molecular complexity index is 434. The molecule has 0 atom stereocenters. The molecule has 1 aromatic rings. The molecule has 94 valence electrons. The van der Waals surface area contributed by atoms with E-state index in [-0.39, 0.29) is 12.1 Å². The van der Waals surface area contributed by atoms with Crippen LogP contribution in [0.1, 0.15) is 40.9 Å². The van der Waals surface area contributed by atoms with Crippen molar-refractivity contribution in [1.82, 2.24) is 0 Å².